The van der Waals surface area contributed by atoms with Crippen LogP contribution >= 0.6 is 0 Å². The molecule has 3 aromatic rings. The highest BCUT2D eigenvalue weighted by Crippen LogP contribution is 2.38. The second kappa shape index (κ2) is 6.93. The third-order valence-corrected chi connectivity index (χ3v) is 4.19. The quantitative estimate of drug-likeness (QED) is 0.726. The van der Waals surface area contributed by atoms with E-state index in [0.29, 0.717) is 12.4 Å². The summed E-state index contributed by atoms with van der Waals surface area (Å²) < 4.78 is 10.8. The van der Waals surface area contributed by atoms with E-state index in [1.807, 2.05) is 0 Å². The van der Waals surface area contributed by atoms with E-state index in [4.69, 9.17) is 15.2 Å². The molecule has 5 heteroatoms. The third kappa shape index (κ3) is 2.95. The van der Waals surface area contributed by atoms with Crippen molar-refractivity contribution in [2.75, 3.05) is 26.6 Å². The summed E-state index contributed by atoms with van der Waals surface area (Å²) >= 11 is 0. The van der Waals surface area contributed by atoms with Crippen molar-refractivity contribution in [3.63, 3.8) is 0 Å². The molecule has 0 atom stereocenters. The van der Waals surface area contributed by atoms with E-state index in [1.54, 1.807) is 20.3 Å². The molecule has 0 saturated carbocycles. The van der Waals surface area contributed by atoms with Crippen LogP contribution in [0.5, 0.6) is 5.75 Å². The Kier molecular flexibility index (Phi) is 4.71. The second-order valence-corrected chi connectivity index (χ2v) is 5.73. The largest absolute Gasteiger partial charge is 0.496 e. The van der Waals surface area contributed by atoms with Crippen LogP contribution in [0.2, 0.25) is 0 Å². The number of ether oxygens (including phenoxy) is 2. The fourth-order valence-corrected chi connectivity index (χ4v) is 3.07. The van der Waals surface area contributed by atoms with Gasteiger partial charge in [0.15, 0.2) is 0 Å². The fourth-order valence-electron chi connectivity index (χ4n) is 3.07. The smallest absolute Gasteiger partial charge is 0.132 e. The molecule has 0 radical (unpaired) electrons. The zero-order chi connectivity index (χ0) is 17.1. The Morgan fingerprint density at radius 1 is 1.21 bits per heavy atom. The number of nitrogens with two attached hydrogens (primary N) is 1. The molecule has 0 amide bonds. The molecular formula is C19H23N3O2. The Labute approximate surface area is 141 Å². The number of rotatable bonds is 6. The molecule has 126 valence electrons. The highest BCUT2D eigenvalue weighted by molar-refractivity contribution is 5.97. The number of para-hydroxylation sites is 1. The number of aromatic nitrogens is 2. The molecule has 1 aromatic carbocycles. The van der Waals surface area contributed by atoms with E-state index < -0.39 is 0 Å². The van der Waals surface area contributed by atoms with Gasteiger partial charge in [0.25, 0.3) is 0 Å². The average Bonchev–Trinajstić information content (AvgIpc) is 3.02. The number of H-pyrrole nitrogens is 1. The summed E-state index contributed by atoms with van der Waals surface area (Å²) in [5.41, 5.74) is 11.2. The van der Waals surface area contributed by atoms with Crippen LogP contribution < -0.4 is 10.5 Å². The van der Waals surface area contributed by atoms with E-state index in [2.05, 4.69) is 41.2 Å². The number of pyridine rings is 1. The average molecular weight is 325 g/mol. The Morgan fingerprint density at radius 2 is 2.04 bits per heavy atom. The zero-order valence-electron chi connectivity index (χ0n) is 14.3. The van der Waals surface area contributed by atoms with Crippen LogP contribution in [0.25, 0.3) is 22.0 Å². The first-order valence-corrected chi connectivity index (χ1v) is 8.11. The summed E-state index contributed by atoms with van der Waals surface area (Å²) in [6, 6.07) is 10.2. The number of fused-ring (bicyclic) bond motifs is 1. The Bertz CT molecular complexity index is 830. The minimum atomic E-state index is 0.479. The van der Waals surface area contributed by atoms with Crippen molar-refractivity contribution in [3.8, 4) is 16.9 Å². The van der Waals surface area contributed by atoms with Crippen LogP contribution in [0.1, 0.15) is 18.3 Å². The van der Waals surface area contributed by atoms with Gasteiger partial charge < -0.3 is 20.2 Å². The molecule has 0 saturated heterocycles. The standard InChI is InChI=1S/C19H23N3O2/c1-4-15-18(16(24-3)11-17(20)22-15)14-7-5-6-12-10-13(8-9-23-2)21-19(12)14/h5-7,10-11,21H,4,8-9H2,1-3H3,(H2,20,22). The van der Waals surface area contributed by atoms with Crippen LogP contribution in [0.15, 0.2) is 30.3 Å². The number of nitrogens with one attached hydrogen (secondary N) is 1. The summed E-state index contributed by atoms with van der Waals surface area (Å²) in [5.74, 6) is 1.23. The highest BCUT2D eigenvalue weighted by atomic mass is 16.5. The molecule has 0 fully saturated rings. The minimum Gasteiger partial charge on any atom is -0.496 e. The van der Waals surface area contributed by atoms with Gasteiger partial charge in [-0.1, -0.05) is 25.1 Å². The first-order chi connectivity index (χ1) is 11.7. The molecule has 0 unspecified atom stereocenters. The number of methoxy groups -OCH3 is 2. The lowest BCUT2D eigenvalue weighted by Crippen LogP contribution is -2.01. The number of hydrogen-bond acceptors (Lipinski definition) is 4. The predicted octanol–water partition coefficient (Wildman–Crippen LogP) is 3.57. The van der Waals surface area contributed by atoms with Crippen molar-refractivity contribution in [3.05, 3.63) is 41.7 Å². The molecule has 0 bridgehead atoms. The predicted molar refractivity (Wildman–Crippen MR) is 97.5 cm³/mol. The van der Waals surface area contributed by atoms with Gasteiger partial charge in [0, 0.05) is 41.8 Å². The molecule has 0 aliphatic heterocycles. The SMILES string of the molecule is CCc1nc(N)cc(OC)c1-c1cccc2cc(CCOC)[nH]c12. The van der Waals surface area contributed by atoms with Crippen molar-refractivity contribution in [1.82, 2.24) is 9.97 Å². The lowest BCUT2D eigenvalue weighted by molar-refractivity contribution is 0.201. The monoisotopic (exact) mass is 325 g/mol. The lowest BCUT2D eigenvalue weighted by atomic mass is 9.99. The van der Waals surface area contributed by atoms with Crippen LogP contribution in [-0.4, -0.2) is 30.8 Å². The number of nitrogen functional groups attached to an aromatic ring is 1. The number of benzene rings is 1. The third-order valence-electron chi connectivity index (χ3n) is 4.19. The van der Waals surface area contributed by atoms with Gasteiger partial charge >= 0.3 is 0 Å². The van der Waals surface area contributed by atoms with Crippen molar-refractivity contribution >= 4 is 16.7 Å². The van der Waals surface area contributed by atoms with Crippen molar-refractivity contribution in [2.24, 2.45) is 0 Å². The number of aryl methyl sites for hydroxylation is 1. The van der Waals surface area contributed by atoms with Crippen molar-refractivity contribution in [2.45, 2.75) is 19.8 Å². The number of hydrogen-bond donors (Lipinski definition) is 2. The van der Waals surface area contributed by atoms with Crippen LogP contribution in [0.4, 0.5) is 5.82 Å². The van der Waals surface area contributed by atoms with E-state index in [9.17, 15) is 0 Å². The molecule has 2 heterocycles. The van der Waals surface area contributed by atoms with E-state index in [-0.39, 0.29) is 0 Å². The van der Waals surface area contributed by atoms with Crippen LogP contribution in [0, 0.1) is 0 Å². The molecule has 3 rings (SSSR count). The molecule has 0 aliphatic carbocycles. The Balaban J connectivity index is 2.21. The van der Waals surface area contributed by atoms with Gasteiger partial charge in [0.05, 0.1) is 24.9 Å². The van der Waals surface area contributed by atoms with E-state index in [1.165, 1.54) is 5.39 Å². The topological polar surface area (TPSA) is 73.2 Å². The summed E-state index contributed by atoms with van der Waals surface area (Å²) in [6.07, 6.45) is 1.63. The molecule has 2 aromatic heterocycles. The molecule has 5 nitrogen and oxygen atoms in total. The summed E-state index contributed by atoms with van der Waals surface area (Å²) in [7, 11) is 3.38. The first-order valence-electron chi connectivity index (χ1n) is 8.11. The maximum Gasteiger partial charge on any atom is 0.132 e. The van der Waals surface area contributed by atoms with Gasteiger partial charge in [-0.05, 0) is 12.5 Å². The van der Waals surface area contributed by atoms with Gasteiger partial charge in [0.2, 0.25) is 0 Å². The van der Waals surface area contributed by atoms with E-state index in [0.717, 1.165) is 46.6 Å². The minimum absolute atomic E-state index is 0.479. The van der Waals surface area contributed by atoms with Gasteiger partial charge in [-0.3, -0.25) is 0 Å². The fraction of sp³-hybridized carbons (Fsp3) is 0.316. The number of nitrogens with zero attached hydrogens (tertiary/aromatic N) is 1. The molecule has 24 heavy (non-hydrogen) atoms. The van der Waals surface area contributed by atoms with Crippen LogP contribution in [0.3, 0.4) is 0 Å². The van der Waals surface area contributed by atoms with E-state index >= 15 is 0 Å². The number of aromatic amines is 1. The Morgan fingerprint density at radius 3 is 2.75 bits per heavy atom. The maximum atomic E-state index is 5.92. The van der Waals surface area contributed by atoms with Gasteiger partial charge in [0.1, 0.15) is 11.6 Å². The van der Waals surface area contributed by atoms with Crippen molar-refractivity contribution < 1.29 is 9.47 Å². The van der Waals surface area contributed by atoms with Gasteiger partial charge in [-0.15, -0.1) is 0 Å². The Hall–Kier alpha value is -2.53. The summed E-state index contributed by atoms with van der Waals surface area (Å²) in [6.45, 7) is 2.76. The lowest BCUT2D eigenvalue weighted by Gasteiger charge is -2.14. The molecule has 3 N–H and O–H groups in total. The summed E-state index contributed by atoms with van der Waals surface area (Å²) in [5, 5.41) is 1.17. The van der Waals surface area contributed by atoms with Crippen molar-refractivity contribution in [1.29, 1.82) is 0 Å². The summed E-state index contributed by atoms with van der Waals surface area (Å²) in [4.78, 5) is 8.02. The number of anilines is 1. The zero-order valence-corrected chi connectivity index (χ0v) is 14.3. The highest BCUT2D eigenvalue weighted by Gasteiger charge is 2.17. The van der Waals surface area contributed by atoms with Crippen LogP contribution in [-0.2, 0) is 17.6 Å². The second-order valence-electron chi connectivity index (χ2n) is 5.73. The molecule has 0 spiro atoms. The molecular weight excluding hydrogens is 302 g/mol. The first kappa shape index (κ1) is 16.3. The van der Waals surface area contributed by atoms with Gasteiger partial charge in [-0.25, -0.2) is 4.98 Å². The normalized spacial score (nSPS) is 11.1. The van der Waals surface area contributed by atoms with Gasteiger partial charge in [-0.2, -0.15) is 0 Å². The maximum absolute atomic E-state index is 5.92. The molecule has 0 aliphatic rings.